The van der Waals surface area contributed by atoms with E-state index in [-0.39, 0.29) is 12.4 Å². The smallest absolute Gasteiger partial charge is 0.373 e. The van der Waals surface area contributed by atoms with Crippen molar-refractivity contribution in [3.8, 4) is 0 Å². The number of aryl methyl sites for hydroxylation is 2. The highest BCUT2D eigenvalue weighted by atomic mass is 16.5. The molecule has 0 aliphatic carbocycles. The molecule has 96 valence electrons. The highest BCUT2D eigenvalue weighted by molar-refractivity contribution is 5.85. The number of hydrogen-bond donors (Lipinski definition) is 1. The molecule has 2 heterocycles. The maximum atomic E-state index is 10.9. The minimum atomic E-state index is -1.14. The van der Waals surface area contributed by atoms with Crippen LogP contribution in [0.1, 0.15) is 27.9 Å². The summed E-state index contributed by atoms with van der Waals surface area (Å²) >= 11 is 0. The van der Waals surface area contributed by atoms with Crippen molar-refractivity contribution in [2.24, 2.45) is 0 Å². The summed E-state index contributed by atoms with van der Waals surface area (Å²) in [5, 5.41) is 8.95. The Hall–Kier alpha value is -2.08. The summed E-state index contributed by atoms with van der Waals surface area (Å²) in [5.41, 5.74) is 0.305. The zero-order valence-electron chi connectivity index (χ0n) is 9.88. The highest BCUT2D eigenvalue weighted by Gasteiger charge is 2.19. The average Bonchev–Trinajstić information content (AvgIpc) is 2.95. The zero-order valence-corrected chi connectivity index (χ0v) is 9.88. The Morgan fingerprint density at radius 1 is 1.50 bits per heavy atom. The van der Waals surface area contributed by atoms with Gasteiger partial charge in [-0.25, -0.2) is 9.78 Å². The molecule has 0 aliphatic rings. The van der Waals surface area contributed by atoms with Gasteiger partial charge in [0.05, 0.1) is 12.9 Å². The predicted octanol–water partition coefficient (Wildman–Crippen LogP) is 1.90. The van der Waals surface area contributed by atoms with Gasteiger partial charge in [-0.1, -0.05) is 0 Å². The van der Waals surface area contributed by atoms with Crippen LogP contribution in [-0.2, 0) is 24.2 Å². The van der Waals surface area contributed by atoms with E-state index >= 15 is 0 Å². The molecule has 0 aliphatic heterocycles. The van der Waals surface area contributed by atoms with Gasteiger partial charge in [0.15, 0.2) is 5.89 Å². The molecule has 0 atom stereocenters. The minimum absolute atomic E-state index is 0.117. The molecule has 0 fully saturated rings. The number of methoxy groups -OCH3 is 1. The van der Waals surface area contributed by atoms with Crippen molar-refractivity contribution in [2.75, 3.05) is 7.11 Å². The number of carboxylic acids is 1. The lowest BCUT2D eigenvalue weighted by Crippen LogP contribution is -2.00. The van der Waals surface area contributed by atoms with E-state index in [2.05, 4.69) is 4.98 Å². The van der Waals surface area contributed by atoms with E-state index in [4.69, 9.17) is 18.7 Å². The molecule has 0 spiro atoms. The number of aromatic nitrogens is 1. The van der Waals surface area contributed by atoms with Crippen LogP contribution in [0, 0.1) is 0 Å². The van der Waals surface area contributed by atoms with Crippen molar-refractivity contribution in [1.29, 1.82) is 0 Å². The fraction of sp³-hybridized carbons (Fsp3) is 0.333. The summed E-state index contributed by atoms with van der Waals surface area (Å²) < 4.78 is 15.2. The van der Waals surface area contributed by atoms with Gasteiger partial charge in [0.2, 0.25) is 5.76 Å². The van der Waals surface area contributed by atoms with Crippen LogP contribution in [0.2, 0.25) is 0 Å². The molecule has 2 aromatic rings. The van der Waals surface area contributed by atoms with E-state index in [0.717, 1.165) is 5.76 Å². The normalized spacial score (nSPS) is 10.7. The van der Waals surface area contributed by atoms with Gasteiger partial charge in [0, 0.05) is 20.0 Å². The molecular formula is C12H13NO5. The molecule has 0 amide bonds. The number of aromatic carboxylic acids is 1. The topological polar surface area (TPSA) is 85.7 Å². The van der Waals surface area contributed by atoms with Crippen molar-refractivity contribution in [1.82, 2.24) is 4.98 Å². The van der Waals surface area contributed by atoms with Gasteiger partial charge in [-0.2, -0.15) is 0 Å². The van der Waals surface area contributed by atoms with Gasteiger partial charge in [0.25, 0.3) is 0 Å². The SMILES string of the molecule is COCc1nc(CCc2ccco2)oc1C(=O)O. The Morgan fingerprint density at radius 3 is 2.94 bits per heavy atom. The second kappa shape index (κ2) is 5.50. The van der Waals surface area contributed by atoms with Crippen LogP contribution in [0.3, 0.4) is 0 Å². The van der Waals surface area contributed by atoms with Crippen LogP contribution in [0.15, 0.2) is 27.2 Å². The van der Waals surface area contributed by atoms with E-state index in [1.807, 2.05) is 6.07 Å². The molecule has 2 rings (SSSR count). The van der Waals surface area contributed by atoms with Gasteiger partial charge in [-0.3, -0.25) is 0 Å². The summed E-state index contributed by atoms with van der Waals surface area (Å²) in [5.74, 6) is -0.126. The molecule has 0 radical (unpaired) electrons. The molecule has 6 heteroatoms. The van der Waals surface area contributed by atoms with Gasteiger partial charge < -0.3 is 18.7 Å². The van der Waals surface area contributed by atoms with E-state index in [0.29, 0.717) is 24.4 Å². The lowest BCUT2D eigenvalue weighted by Gasteiger charge is -1.92. The summed E-state index contributed by atoms with van der Waals surface area (Å²) in [6.07, 6.45) is 2.68. The Balaban J connectivity index is 2.08. The first-order chi connectivity index (χ1) is 8.70. The van der Waals surface area contributed by atoms with E-state index < -0.39 is 5.97 Å². The van der Waals surface area contributed by atoms with Crippen molar-refractivity contribution in [3.63, 3.8) is 0 Å². The van der Waals surface area contributed by atoms with Crippen LogP contribution in [0.25, 0.3) is 0 Å². The van der Waals surface area contributed by atoms with E-state index in [1.165, 1.54) is 7.11 Å². The minimum Gasteiger partial charge on any atom is -0.475 e. The van der Waals surface area contributed by atoms with Gasteiger partial charge in [-0.15, -0.1) is 0 Å². The number of furan rings is 1. The molecule has 0 bridgehead atoms. The zero-order chi connectivity index (χ0) is 13.0. The summed E-state index contributed by atoms with van der Waals surface area (Å²) in [7, 11) is 1.48. The fourth-order valence-corrected chi connectivity index (χ4v) is 1.59. The lowest BCUT2D eigenvalue weighted by atomic mass is 10.2. The van der Waals surface area contributed by atoms with Gasteiger partial charge in [0.1, 0.15) is 11.5 Å². The molecule has 0 unspecified atom stereocenters. The number of carbonyl (C=O) groups is 1. The Morgan fingerprint density at radius 2 is 2.33 bits per heavy atom. The third-order valence-corrected chi connectivity index (χ3v) is 2.38. The molecule has 0 saturated heterocycles. The molecule has 1 N–H and O–H groups in total. The molecule has 2 aromatic heterocycles. The van der Waals surface area contributed by atoms with Crippen LogP contribution in [0.4, 0.5) is 0 Å². The Kier molecular flexibility index (Phi) is 3.78. The molecule has 0 saturated carbocycles. The molecular weight excluding hydrogens is 238 g/mol. The van der Waals surface area contributed by atoms with Gasteiger partial charge >= 0.3 is 5.97 Å². The number of rotatable bonds is 6. The second-order valence-corrected chi connectivity index (χ2v) is 3.70. The second-order valence-electron chi connectivity index (χ2n) is 3.70. The van der Waals surface area contributed by atoms with E-state index in [1.54, 1.807) is 12.3 Å². The van der Waals surface area contributed by atoms with Crippen LogP contribution < -0.4 is 0 Å². The number of ether oxygens (including phenoxy) is 1. The Bertz CT molecular complexity index is 515. The lowest BCUT2D eigenvalue weighted by molar-refractivity contribution is 0.0653. The number of hydrogen-bond acceptors (Lipinski definition) is 5. The van der Waals surface area contributed by atoms with Gasteiger partial charge in [-0.05, 0) is 12.1 Å². The first kappa shape index (κ1) is 12.4. The predicted molar refractivity (Wildman–Crippen MR) is 60.3 cm³/mol. The van der Waals surface area contributed by atoms with Crippen LogP contribution in [-0.4, -0.2) is 23.2 Å². The summed E-state index contributed by atoms with van der Waals surface area (Å²) in [6, 6.07) is 3.64. The Labute approximate surface area is 103 Å². The summed E-state index contributed by atoms with van der Waals surface area (Å²) in [4.78, 5) is 15.0. The third-order valence-electron chi connectivity index (χ3n) is 2.38. The van der Waals surface area contributed by atoms with Crippen molar-refractivity contribution < 1.29 is 23.5 Å². The summed E-state index contributed by atoms with van der Waals surface area (Å²) in [6.45, 7) is 0.117. The third kappa shape index (κ3) is 2.78. The number of nitrogens with zero attached hydrogens (tertiary/aromatic N) is 1. The van der Waals surface area contributed by atoms with Crippen molar-refractivity contribution in [3.05, 3.63) is 41.5 Å². The van der Waals surface area contributed by atoms with Crippen LogP contribution in [0.5, 0.6) is 0 Å². The molecule has 6 nitrogen and oxygen atoms in total. The monoisotopic (exact) mass is 251 g/mol. The number of oxazole rings is 1. The fourth-order valence-electron chi connectivity index (χ4n) is 1.59. The maximum absolute atomic E-state index is 10.9. The van der Waals surface area contributed by atoms with E-state index in [9.17, 15) is 4.79 Å². The standard InChI is InChI=1S/C12H13NO5/c1-16-7-9-11(12(14)15)18-10(13-9)5-4-8-3-2-6-17-8/h2-3,6H,4-5,7H2,1H3,(H,14,15). The highest BCUT2D eigenvalue weighted by Crippen LogP contribution is 2.14. The maximum Gasteiger partial charge on any atom is 0.373 e. The molecule has 18 heavy (non-hydrogen) atoms. The first-order valence-electron chi connectivity index (χ1n) is 5.44. The van der Waals surface area contributed by atoms with Crippen molar-refractivity contribution >= 4 is 5.97 Å². The van der Waals surface area contributed by atoms with Crippen LogP contribution >= 0.6 is 0 Å². The average molecular weight is 251 g/mol. The number of carboxylic acid groups (broad SMARTS) is 1. The first-order valence-corrected chi connectivity index (χ1v) is 5.44. The molecule has 0 aromatic carbocycles. The van der Waals surface area contributed by atoms with Crippen molar-refractivity contribution in [2.45, 2.75) is 19.4 Å². The largest absolute Gasteiger partial charge is 0.475 e. The quantitative estimate of drug-likeness (QED) is 0.843.